The standard InChI is InChI=1S/C20H21N3O3S/c24-14(9-16-17(25)7-4-8-21-16)11-23-12-22-19-15(20(23)26)10-18(27-19)13-5-2-1-3-6-13/h1-3,5-6,10,12,16-17,21,25H,4,7-9,11H2. The number of rotatable bonds is 5. The molecule has 0 bridgehead atoms. The first-order valence-electron chi connectivity index (χ1n) is 9.09. The minimum absolute atomic E-state index is 0.0246. The fourth-order valence-electron chi connectivity index (χ4n) is 3.46. The molecule has 2 aromatic heterocycles. The molecule has 1 aliphatic heterocycles. The number of aromatic nitrogens is 2. The molecule has 0 radical (unpaired) electrons. The van der Waals surface area contributed by atoms with Crippen LogP contribution in [0.25, 0.3) is 20.7 Å². The summed E-state index contributed by atoms with van der Waals surface area (Å²) in [5, 5.41) is 13.7. The number of nitrogens with one attached hydrogen (secondary N) is 1. The molecule has 7 heteroatoms. The van der Waals surface area contributed by atoms with Gasteiger partial charge in [-0.25, -0.2) is 4.98 Å². The van der Waals surface area contributed by atoms with E-state index in [0.717, 1.165) is 23.4 Å². The first-order chi connectivity index (χ1) is 13.1. The molecule has 3 heterocycles. The van der Waals surface area contributed by atoms with E-state index in [0.29, 0.717) is 16.6 Å². The summed E-state index contributed by atoms with van der Waals surface area (Å²) in [6.45, 7) is 0.781. The molecule has 1 aromatic carbocycles. The summed E-state index contributed by atoms with van der Waals surface area (Å²) in [6, 6.07) is 11.5. The van der Waals surface area contributed by atoms with E-state index in [1.54, 1.807) is 0 Å². The lowest BCUT2D eigenvalue weighted by molar-refractivity contribution is -0.121. The van der Waals surface area contributed by atoms with Gasteiger partial charge in [-0.05, 0) is 31.0 Å². The van der Waals surface area contributed by atoms with Gasteiger partial charge < -0.3 is 10.4 Å². The molecule has 2 N–H and O–H groups in total. The highest BCUT2D eigenvalue weighted by Crippen LogP contribution is 2.30. The largest absolute Gasteiger partial charge is 0.391 e. The van der Waals surface area contributed by atoms with Crippen molar-refractivity contribution in [2.75, 3.05) is 6.54 Å². The zero-order valence-corrected chi connectivity index (χ0v) is 15.6. The average molecular weight is 383 g/mol. The number of Topliss-reactive ketones (excluding diaryl/α,β-unsaturated/α-hetero) is 1. The minimum Gasteiger partial charge on any atom is -0.391 e. The Balaban J connectivity index is 1.55. The number of fused-ring (bicyclic) bond motifs is 1. The van der Waals surface area contributed by atoms with Gasteiger partial charge in [-0.3, -0.25) is 14.2 Å². The van der Waals surface area contributed by atoms with Crippen LogP contribution in [0, 0.1) is 0 Å². The van der Waals surface area contributed by atoms with Crippen LogP contribution in [0.1, 0.15) is 19.3 Å². The number of nitrogens with zero attached hydrogens (tertiary/aromatic N) is 2. The molecule has 4 rings (SSSR count). The molecule has 1 aliphatic rings. The topological polar surface area (TPSA) is 84.2 Å². The van der Waals surface area contributed by atoms with Gasteiger partial charge in [-0.15, -0.1) is 11.3 Å². The average Bonchev–Trinajstić information content (AvgIpc) is 3.12. The molecule has 0 saturated carbocycles. The van der Waals surface area contributed by atoms with Crippen molar-refractivity contribution in [1.82, 2.24) is 14.9 Å². The predicted octanol–water partition coefficient (Wildman–Crippen LogP) is 2.20. The van der Waals surface area contributed by atoms with E-state index < -0.39 is 6.10 Å². The monoisotopic (exact) mass is 383 g/mol. The summed E-state index contributed by atoms with van der Waals surface area (Å²) < 4.78 is 1.36. The highest BCUT2D eigenvalue weighted by molar-refractivity contribution is 7.21. The summed E-state index contributed by atoms with van der Waals surface area (Å²) in [5.41, 5.74) is 0.837. The number of hydrogen-bond acceptors (Lipinski definition) is 6. The molecule has 2 unspecified atom stereocenters. The molecule has 27 heavy (non-hydrogen) atoms. The molecule has 6 nitrogen and oxygen atoms in total. The van der Waals surface area contributed by atoms with Crippen molar-refractivity contribution in [2.45, 2.75) is 38.0 Å². The van der Waals surface area contributed by atoms with E-state index in [2.05, 4.69) is 10.3 Å². The van der Waals surface area contributed by atoms with Crippen molar-refractivity contribution in [3.63, 3.8) is 0 Å². The van der Waals surface area contributed by atoms with Crippen LogP contribution in [0.5, 0.6) is 0 Å². The van der Waals surface area contributed by atoms with Gasteiger partial charge in [0.05, 0.1) is 24.4 Å². The van der Waals surface area contributed by atoms with Gasteiger partial charge in [0, 0.05) is 17.3 Å². The maximum absolute atomic E-state index is 12.8. The molecule has 0 amide bonds. The zero-order chi connectivity index (χ0) is 18.8. The van der Waals surface area contributed by atoms with Gasteiger partial charge in [-0.2, -0.15) is 0 Å². The van der Waals surface area contributed by atoms with Gasteiger partial charge in [0.1, 0.15) is 4.83 Å². The Morgan fingerprint density at radius 1 is 1.33 bits per heavy atom. The van der Waals surface area contributed by atoms with Crippen molar-refractivity contribution in [3.05, 3.63) is 53.1 Å². The van der Waals surface area contributed by atoms with Gasteiger partial charge in [-0.1, -0.05) is 30.3 Å². The van der Waals surface area contributed by atoms with Crippen LogP contribution in [0.2, 0.25) is 0 Å². The summed E-state index contributed by atoms with van der Waals surface area (Å²) in [6.07, 6.45) is 2.76. The Labute approximate surface area is 160 Å². The summed E-state index contributed by atoms with van der Waals surface area (Å²) >= 11 is 1.47. The summed E-state index contributed by atoms with van der Waals surface area (Å²) in [7, 11) is 0. The van der Waals surface area contributed by atoms with Crippen molar-refractivity contribution < 1.29 is 9.90 Å². The Morgan fingerprint density at radius 3 is 2.93 bits per heavy atom. The molecule has 1 saturated heterocycles. The number of piperidine rings is 1. The number of carbonyl (C=O) groups is 1. The van der Waals surface area contributed by atoms with E-state index in [1.807, 2.05) is 36.4 Å². The van der Waals surface area contributed by atoms with Crippen molar-refractivity contribution in [3.8, 4) is 10.4 Å². The minimum atomic E-state index is -0.509. The maximum Gasteiger partial charge on any atom is 0.262 e. The Kier molecular flexibility index (Phi) is 5.15. The van der Waals surface area contributed by atoms with Crippen LogP contribution in [0.4, 0.5) is 0 Å². The molecule has 0 spiro atoms. The van der Waals surface area contributed by atoms with Crippen molar-refractivity contribution in [1.29, 1.82) is 0 Å². The first-order valence-corrected chi connectivity index (χ1v) is 9.91. The van der Waals surface area contributed by atoms with Crippen molar-refractivity contribution in [2.24, 2.45) is 0 Å². The molecule has 3 aromatic rings. The summed E-state index contributed by atoms with van der Waals surface area (Å²) in [5.74, 6) is -0.0878. The lowest BCUT2D eigenvalue weighted by Gasteiger charge is -2.28. The van der Waals surface area contributed by atoms with E-state index >= 15 is 0 Å². The third-order valence-electron chi connectivity index (χ3n) is 4.92. The number of benzene rings is 1. The van der Waals surface area contributed by atoms with Crippen LogP contribution >= 0.6 is 11.3 Å². The van der Waals surface area contributed by atoms with Crippen LogP contribution < -0.4 is 10.9 Å². The van der Waals surface area contributed by atoms with Crippen LogP contribution in [0.3, 0.4) is 0 Å². The highest BCUT2D eigenvalue weighted by atomic mass is 32.1. The number of ketones is 1. The van der Waals surface area contributed by atoms with E-state index in [9.17, 15) is 14.7 Å². The normalized spacial score (nSPS) is 20.0. The molecule has 1 fully saturated rings. The van der Waals surface area contributed by atoms with Crippen LogP contribution in [-0.4, -0.2) is 39.1 Å². The van der Waals surface area contributed by atoms with Gasteiger partial charge in [0.2, 0.25) is 0 Å². The molecule has 2 atom stereocenters. The maximum atomic E-state index is 12.8. The quantitative estimate of drug-likeness (QED) is 0.706. The number of aliphatic hydroxyl groups is 1. The second kappa shape index (κ2) is 7.72. The third-order valence-corrected chi connectivity index (χ3v) is 6.01. The fraction of sp³-hybridized carbons (Fsp3) is 0.350. The Bertz CT molecular complexity index is 1010. The number of aliphatic hydroxyl groups excluding tert-OH is 1. The van der Waals surface area contributed by atoms with Crippen LogP contribution in [0.15, 0.2) is 47.5 Å². The SMILES string of the molecule is O=C(CC1NCCCC1O)Cn1cnc2sc(-c3ccccc3)cc2c1=O. The summed E-state index contributed by atoms with van der Waals surface area (Å²) in [4.78, 5) is 31.2. The third kappa shape index (κ3) is 3.85. The second-order valence-electron chi connectivity index (χ2n) is 6.89. The predicted molar refractivity (Wildman–Crippen MR) is 106 cm³/mol. The molecule has 0 aliphatic carbocycles. The lowest BCUT2D eigenvalue weighted by atomic mass is 9.97. The second-order valence-corrected chi connectivity index (χ2v) is 7.92. The molecular formula is C20H21N3O3S. The number of hydrogen-bond donors (Lipinski definition) is 2. The fourth-order valence-corrected chi connectivity index (χ4v) is 4.46. The van der Waals surface area contributed by atoms with Crippen LogP contribution in [-0.2, 0) is 11.3 Å². The highest BCUT2D eigenvalue weighted by Gasteiger charge is 2.25. The van der Waals surface area contributed by atoms with Gasteiger partial charge in [0.15, 0.2) is 5.78 Å². The first kappa shape index (κ1) is 18.0. The molecule has 140 valence electrons. The lowest BCUT2D eigenvalue weighted by Crippen LogP contribution is -2.46. The number of carbonyl (C=O) groups excluding carboxylic acids is 1. The van der Waals surface area contributed by atoms with Crippen molar-refractivity contribution >= 4 is 27.3 Å². The Morgan fingerprint density at radius 2 is 2.15 bits per heavy atom. The Hall–Kier alpha value is -2.35. The van der Waals surface area contributed by atoms with Gasteiger partial charge >= 0.3 is 0 Å². The van der Waals surface area contributed by atoms with E-state index in [4.69, 9.17) is 0 Å². The smallest absolute Gasteiger partial charge is 0.262 e. The zero-order valence-electron chi connectivity index (χ0n) is 14.8. The van der Waals surface area contributed by atoms with E-state index in [-0.39, 0.29) is 30.3 Å². The number of thiophene rings is 1. The van der Waals surface area contributed by atoms with E-state index in [1.165, 1.54) is 22.2 Å². The molecular weight excluding hydrogens is 362 g/mol. The van der Waals surface area contributed by atoms with Gasteiger partial charge in [0.25, 0.3) is 5.56 Å².